The summed E-state index contributed by atoms with van der Waals surface area (Å²) in [5.74, 6) is 0.192. The zero-order valence-electron chi connectivity index (χ0n) is 14.7. The molecule has 5 nitrogen and oxygen atoms in total. The van der Waals surface area contributed by atoms with E-state index in [1.54, 1.807) is 0 Å². The molecule has 2 rings (SSSR count). The van der Waals surface area contributed by atoms with Gasteiger partial charge in [-0.05, 0) is 50.4 Å². The van der Waals surface area contributed by atoms with Crippen LogP contribution in [0.3, 0.4) is 0 Å². The first-order chi connectivity index (χ1) is 11.6. The molecule has 1 aliphatic rings. The highest BCUT2D eigenvalue weighted by molar-refractivity contribution is 5.94. The van der Waals surface area contributed by atoms with Crippen molar-refractivity contribution in [1.82, 2.24) is 16.0 Å². The van der Waals surface area contributed by atoms with Crippen molar-refractivity contribution in [2.45, 2.75) is 52.1 Å². The maximum atomic E-state index is 12.2. The van der Waals surface area contributed by atoms with Crippen molar-refractivity contribution >= 4 is 11.8 Å². The predicted molar refractivity (Wildman–Crippen MR) is 95.7 cm³/mol. The molecule has 1 fully saturated rings. The summed E-state index contributed by atoms with van der Waals surface area (Å²) in [6.45, 7) is 6.33. The Morgan fingerprint density at radius 2 is 1.96 bits per heavy atom. The number of rotatable bonds is 7. The molecule has 3 N–H and O–H groups in total. The van der Waals surface area contributed by atoms with E-state index in [9.17, 15) is 9.59 Å². The molecule has 0 unspecified atom stereocenters. The fraction of sp³-hybridized carbons (Fsp3) is 0.579. The molecular formula is C19H29N3O2. The molecule has 1 saturated heterocycles. The molecule has 1 aliphatic heterocycles. The topological polar surface area (TPSA) is 70.2 Å². The van der Waals surface area contributed by atoms with Crippen LogP contribution in [-0.4, -0.2) is 30.9 Å². The number of amides is 2. The lowest BCUT2D eigenvalue weighted by Gasteiger charge is -2.27. The number of nitrogens with one attached hydrogen (secondary N) is 3. The average Bonchev–Trinajstić information content (AvgIpc) is 2.60. The van der Waals surface area contributed by atoms with Gasteiger partial charge in [-0.3, -0.25) is 9.59 Å². The van der Waals surface area contributed by atoms with Crippen LogP contribution < -0.4 is 16.0 Å². The van der Waals surface area contributed by atoms with Gasteiger partial charge in [-0.2, -0.15) is 0 Å². The van der Waals surface area contributed by atoms with Crippen LogP contribution in [-0.2, 0) is 11.3 Å². The molecule has 1 aromatic rings. The predicted octanol–water partition coefficient (Wildman–Crippen LogP) is 2.22. The van der Waals surface area contributed by atoms with Crippen molar-refractivity contribution in [3.63, 3.8) is 0 Å². The molecule has 1 aromatic carbocycles. The maximum absolute atomic E-state index is 12.2. The van der Waals surface area contributed by atoms with Crippen LogP contribution in [0.1, 0.15) is 55.5 Å². The molecular weight excluding hydrogens is 302 g/mol. The van der Waals surface area contributed by atoms with Gasteiger partial charge in [0.1, 0.15) is 0 Å². The number of hydrogen-bond acceptors (Lipinski definition) is 3. The van der Waals surface area contributed by atoms with Crippen LogP contribution in [0, 0.1) is 5.92 Å². The summed E-state index contributed by atoms with van der Waals surface area (Å²) in [5.41, 5.74) is 1.67. The van der Waals surface area contributed by atoms with Gasteiger partial charge in [-0.15, -0.1) is 0 Å². The first-order valence-corrected chi connectivity index (χ1v) is 8.98. The summed E-state index contributed by atoms with van der Waals surface area (Å²) in [6, 6.07) is 7.84. The van der Waals surface area contributed by atoms with E-state index < -0.39 is 0 Å². The van der Waals surface area contributed by atoms with Crippen molar-refractivity contribution in [2.75, 3.05) is 13.1 Å². The summed E-state index contributed by atoms with van der Waals surface area (Å²) < 4.78 is 0. The van der Waals surface area contributed by atoms with Gasteiger partial charge < -0.3 is 16.0 Å². The van der Waals surface area contributed by atoms with Crippen molar-refractivity contribution in [2.24, 2.45) is 5.92 Å². The molecule has 0 bridgehead atoms. The summed E-state index contributed by atoms with van der Waals surface area (Å²) >= 11 is 0. The fourth-order valence-corrected chi connectivity index (χ4v) is 2.96. The molecule has 2 amide bonds. The third-order valence-corrected chi connectivity index (χ3v) is 4.49. The number of unbranched alkanes of at least 4 members (excludes halogenated alkanes) is 1. The number of benzene rings is 1. The Balaban J connectivity index is 1.79. The Morgan fingerprint density at radius 1 is 1.21 bits per heavy atom. The number of carbonyl (C=O) groups is 2. The molecule has 1 heterocycles. The second-order valence-electron chi connectivity index (χ2n) is 6.60. The number of carbonyl (C=O) groups excluding carboxylic acids is 2. The minimum Gasteiger partial charge on any atom is -0.352 e. The minimum absolute atomic E-state index is 0.0391. The Kier molecular flexibility index (Phi) is 7.25. The van der Waals surface area contributed by atoms with Crippen molar-refractivity contribution in [3.8, 4) is 0 Å². The van der Waals surface area contributed by atoms with Gasteiger partial charge in [0.2, 0.25) is 5.91 Å². The third kappa shape index (κ3) is 5.64. The standard InChI is InChI=1S/C19H29N3O2/c1-3-4-10-21-18(23)16-7-5-15(6-8-16)13-22-19(24)17-9-11-20-14(2)12-17/h5-8,14,17,20H,3-4,9-13H2,1-2H3,(H,21,23)(H,22,24)/t14-,17-/m0/s1. The summed E-state index contributed by atoms with van der Waals surface area (Å²) in [5, 5.41) is 9.27. The van der Waals surface area contributed by atoms with Crippen LogP contribution >= 0.6 is 0 Å². The number of hydrogen-bond donors (Lipinski definition) is 3. The van der Waals surface area contributed by atoms with Crippen LogP contribution in [0.25, 0.3) is 0 Å². The van der Waals surface area contributed by atoms with Crippen molar-refractivity contribution < 1.29 is 9.59 Å². The second-order valence-corrected chi connectivity index (χ2v) is 6.60. The molecule has 5 heteroatoms. The Bertz CT molecular complexity index is 542. The van der Waals surface area contributed by atoms with Crippen LogP contribution in [0.4, 0.5) is 0 Å². The number of piperidine rings is 1. The highest BCUT2D eigenvalue weighted by atomic mass is 16.2. The minimum atomic E-state index is -0.0391. The molecule has 0 aliphatic carbocycles. The first-order valence-electron chi connectivity index (χ1n) is 8.98. The summed E-state index contributed by atoms with van der Waals surface area (Å²) in [4.78, 5) is 24.2. The van der Waals surface area contributed by atoms with Gasteiger partial charge in [-0.1, -0.05) is 25.5 Å². The molecule has 2 atom stereocenters. The SMILES string of the molecule is CCCCNC(=O)c1ccc(CNC(=O)[C@H]2CCN[C@@H](C)C2)cc1. The van der Waals surface area contributed by atoms with Gasteiger partial charge in [0.15, 0.2) is 0 Å². The van der Waals surface area contributed by atoms with E-state index in [0.29, 0.717) is 24.7 Å². The van der Waals surface area contributed by atoms with E-state index in [1.807, 2.05) is 24.3 Å². The van der Waals surface area contributed by atoms with Gasteiger partial charge in [0.25, 0.3) is 5.91 Å². The van der Waals surface area contributed by atoms with E-state index in [0.717, 1.165) is 37.8 Å². The summed E-state index contributed by atoms with van der Waals surface area (Å²) in [7, 11) is 0. The van der Waals surface area contributed by atoms with Crippen LogP contribution in [0.5, 0.6) is 0 Å². The molecule has 0 spiro atoms. The van der Waals surface area contributed by atoms with Gasteiger partial charge in [0, 0.05) is 30.6 Å². The second kappa shape index (κ2) is 9.42. The largest absolute Gasteiger partial charge is 0.352 e. The zero-order valence-corrected chi connectivity index (χ0v) is 14.7. The zero-order chi connectivity index (χ0) is 17.4. The van der Waals surface area contributed by atoms with Crippen molar-refractivity contribution in [3.05, 3.63) is 35.4 Å². The van der Waals surface area contributed by atoms with Crippen molar-refractivity contribution in [1.29, 1.82) is 0 Å². The first kappa shape index (κ1) is 18.5. The normalized spacial score (nSPS) is 20.4. The fourth-order valence-electron chi connectivity index (χ4n) is 2.96. The van der Waals surface area contributed by atoms with Crippen LogP contribution in [0.15, 0.2) is 24.3 Å². The third-order valence-electron chi connectivity index (χ3n) is 4.49. The van der Waals surface area contributed by atoms with E-state index in [4.69, 9.17) is 0 Å². The quantitative estimate of drug-likeness (QED) is 0.671. The van der Waals surface area contributed by atoms with Gasteiger partial charge in [0.05, 0.1) is 0 Å². The molecule has 0 radical (unpaired) electrons. The molecule has 0 saturated carbocycles. The van der Waals surface area contributed by atoms with E-state index >= 15 is 0 Å². The van der Waals surface area contributed by atoms with Gasteiger partial charge in [-0.25, -0.2) is 0 Å². The highest BCUT2D eigenvalue weighted by Crippen LogP contribution is 2.16. The lowest BCUT2D eigenvalue weighted by Crippen LogP contribution is -2.42. The summed E-state index contributed by atoms with van der Waals surface area (Å²) in [6.07, 6.45) is 3.84. The molecule has 24 heavy (non-hydrogen) atoms. The van der Waals surface area contributed by atoms with Gasteiger partial charge >= 0.3 is 0 Å². The highest BCUT2D eigenvalue weighted by Gasteiger charge is 2.24. The lowest BCUT2D eigenvalue weighted by molar-refractivity contribution is -0.126. The smallest absolute Gasteiger partial charge is 0.251 e. The Hall–Kier alpha value is -1.88. The lowest BCUT2D eigenvalue weighted by atomic mass is 9.92. The Morgan fingerprint density at radius 3 is 2.62 bits per heavy atom. The molecule has 0 aromatic heterocycles. The average molecular weight is 331 g/mol. The monoisotopic (exact) mass is 331 g/mol. The van der Waals surface area contributed by atoms with E-state index in [1.165, 1.54) is 0 Å². The van der Waals surface area contributed by atoms with E-state index in [2.05, 4.69) is 29.8 Å². The maximum Gasteiger partial charge on any atom is 0.251 e. The molecule has 132 valence electrons. The van der Waals surface area contributed by atoms with E-state index in [-0.39, 0.29) is 17.7 Å². The van der Waals surface area contributed by atoms with Crippen LogP contribution in [0.2, 0.25) is 0 Å². The Labute approximate surface area is 144 Å².